The zero-order valence-corrected chi connectivity index (χ0v) is 28.8. The largest absolute Gasteiger partial charge is 0.343 e. The molecule has 2 heterocycles. The molecule has 2 aliphatic rings. The molecule has 6 unspecified atom stereocenters. The van der Waals surface area contributed by atoms with E-state index in [4.69, 9.17) is 11.5 Å². The molecule has 48 heavy (non-hydrogen) atoms. The minimum atomic E-state index is -0.965. The molecule has 7 N–H and O–H groups in total. The number of unbranched alkanes of at least 4 members (excludes halogenated alkanes) is 1. The van der Waals surface area contributed by atoms with E-state index in [-0.39, 0.29) is 18.2 Å². The maximum Gasteiger partial charge on any atom is 0.245 e. The van der Waals surface area contributed by atoms with E-state index < -0.39 is 41.9 Å². The van der Waals surface area contributed by atoms with Crippen molar-refractivity contribution >= 4 is 23.6 Å². The summed E-state index contributed by atoms with van der Waals surface area (Å²) in [5, 5.41) is 8.79. The molecule has 0 bridgehead atoms. The number of carbonyl (C=O) groups is 4. The number of fused-ring (bicyclic) bond motifs is 1. The highest BCUT2D eigenvalue weighted by Gasteiger charge is 2.42. The van der Waals surface area contributed by atoms with E-state index in [0.29, 0.717) is 57.2 Å². The number of benzene rings is 2. The van der Waals surface area contributed by atoms with E-state index in [0.717, 1.165) is 30.6 Å². The van der Waals surface area contributed by atoms with Crippen LogP contribution in [-0.2, 0) is 32.0 Å². The zero-order valence-electron chi connectivity index (χ0n) is 28.8. The van der Waals surface area contributed by atoms with E-state index in [1.807, 2.05) is 79.4 Å². The van der Waals surface area contributed by atoms with Gasteiger partial charge in [0.05, 0.1) is 6.04 Å². The molecule has 11 heteroatoms. The minimum Gasteiger partial charge on any atom is -0.343 e. The predicted molar refractivity (Wildman–Crippen MR) is 187 cm³/mol. The molecule has 6 atom stereocenters. The Bertz CT molecular complexity index is 1330. The lowest BCUT2D eigenvalue weighted by Gasteiger charge is -2.29. The van der Waals surface area contributed by atoms with E-state index in [2.05, 4.69) is 27.9 Å². The molecule has 4 rings (SSSR count). The van der Waals surface area contributed by atoms with Crippen molar-refractivity contribution in [1.29, 1.82) is 0 Å². The molecule has 0 aromatic heterocycles. The van der Waals surface area contributed by atoms with Crippen LogP contribution in [0.2, 0.25) is 0 Å². The summed E-state index contributed by atoms with van der Waals surface area (Å²) in [7, 11) is 2.11. The third-order valence-corrected chi connectivity index (χ3v) is 9.43. The number of amides is 4. The smallest absolute Gasteiger partial charge is 0.245 e. The lowest BCUT2D eigenvalue weighted by molar-refractivity contribution is -0.137. The van der Waals surface area contributed by atoms with Crippen LogP contribution in [0.1, 0.15) is 50.7 Å². The highest BCUT2D eigenvalue weighted by molar-refractivity contribution is 5.95. The maximum atomic E-state index is 13.9. The Balaban J connectivity index is 1.46. The van der Waals surface area contributed by atoms with E-state index in [1.165, 1.54) is 0 Å². The van der Waals surface area contributed by atoms with Crippen LogP contribution in [0.4, 0.5) is 0 Å². The lowest BCUT2D eigenvalue weighted by atomic mass is 9.99. The van der Waals surface area contributed by atoms with Crippen LogP contribution >= 0.6 is 0 Å². The first-order valence-electron chi connectivity index (χ1n) is 17.5. The van der Waals surface area contributed by atoms with Crippen molar-refractivity contribution in [3.63, 3.8) is 0 Å². The van der Waals surface area contributed by atoms with Crippen LogP contribution in [0, 0.1) is 17.8 Å². The number of nitrogens with two attached hydrogens (primary N) is 2. The van der Waals surface area contributed by atoms with Gasteiger partial charge in [-0.2, -0.15) is 0 Å². The van der Waals surface area contributed by atoms with Gasteiger partial charge in [0.2, 0.25) is 23.6 Å². The number of likely N-dealkylation sites (tertiary alicyclic amines) is 2. The molecule has 0 spiro atoms. The van der Waals surface area contributed by atoms with Crippen LogP contribution < -0.4 is 27.4 Å². The molecule has 2 saturated heterocycles. The van der Waals surface area contributed by atoms with Crippen LogP contribution in [0.25, 0.3) is 0 Å². The molecule has 2 fully saturated rings. The SMILES string of the molecule is CC(C)CC(NC(=O)C(Cc1ccccc1)NC(=O)C(N)Cc1ccccc1)C(=O)NC(CCCCN)C(=O)N1CC2CN(C)CC2C1. The Labute approximate surface area is 285 Å². The van der Waals surface area contributed by atoms with Crippen molar-refractivity contribution in [2.45, 2.75) is 76.5 Å². The summed E-state index contributed by atoms with van der Waals surface area (Å²) in [6.45, 7) is 7.78. The second-order valence-corrected chi connectivity index (χ2v) is 14.1. The Morgan fingerprint density at radius 3 is 1.81 bits per heavy atom. The first-order chi connectivity index (χ1) is 23.0. The summed E-state index contributed by atoms with van der Waals surface area (Å²) >= 11 is 0. The van der Waals surface area contributed by atoms with Gasteiger partial charge in [0.1, 0.15) is 18.1 Å². The fraction of sp³-hybridized carbons (Fsp3) is 0.568. The monoisotopic (exact) mass is 661 g/mol. The standard InChI is InChI=1S/C37H55N7O4/c1-25(2)18-32(35(46)40-31(16-10-11-17-38)37(48)44-23-28-21-43(3)22-29(28)24-44)42-36(47)33(20-27-14-8-5-9-15-27)41-34(45)30(39)19-26-12-6-4-7-13-26/h4-9,12-15,25,28-33H,10-11,16-24,38-39H2,1-3H3,(H,40,46)(H,41,45)(H,42,47). The highest BCUT2D eigenvalue weighted by Crippen LogP contribution is 2.30. The van der Waals surface area contributed by atoms with Crippen LogP contribution in [0.15, 0.2) is 60.7 Å². The summed E-state index contributed by atoms with van der Waals surface area (Å²) in [6, 6.07) is 15.4. The Morgan fingerprint density at radius 1 is 0.729 bits per heavy atom. The Morgan fingerprint density at radius 2 is 1.25 bits per heavy atom. The van der Waals surface area contributed by atoms with Gasteiger partial charge in [0.25, 0.3) is 0 Å². The van der Waals surface area contributed by atoms with Crippen molar-refractivity contribution in [2.24, 2.45) is 29.2 Å². The molecule has 0 radical (unpaired) electrons. The van der Waals surface area contributed by atoms with Gasteiger partial charge in [-0.25, -0.2) is 0 Å². The molecular formula is C37H55N7O4. The summed E-state index contributed by atoms with van der Waals surface area (Å²) in [6.07, 6.45) is 2.82. The average molecular weight is 662 g/mol. The molecule has 2 aliphatic heterocycles. The maximum absolute atomic E-state index is 13.9. The summed E-state index contributed by atoms with van der Waals surface area (Å²) in [5.41, 5.74) is 13.8. The van der Waals surface area contributed by atoms with E-state index in [9.17, 15) is 19.2 Å². The van der Waals surface area contributed by atoms with Crippen LogP contribution in [0.5, 0.6) is 0 Å². The van der Waals surface area contributed by atoms with Gasteiger partial charge in [-0.05, 0) is 74.6 Å². The Kier molecular flexibility index (Phi) is 14.0. The van der Waals surface area contributed by atoms with E-state index in [1.54, 1.807) is 0 Å². The molecule has 262 valence electrons. The quantitative estimate of drug-likeness (QED) is 0.160. The number of rotatable bonds is 17. The van der Waals surface area contributed by atoms with Gasteiger partial charge in [-0.3, -0.25) is 19.2 Å². The minimum absolute atomic E-state index is 0.0730. The molecule has 0 aliphatic carbocycles. The van der Waals surface area contributed by atoms with Crippen LogP contribution in [-0.4, -0.2) is 97.4 Å². The highest BCUT2D eigenvalue weighted by atomic mass is 16.2. The fourth-order valence-corrected chi connectivity index (χ4v) is 6.92. The van der Waals surface area contributed by atoms with Crippen molar-refractivity contribution in [1.82, 2.24) is 25.8 Å². The third-order valence-electron chi connectivity index (χ3n) is 9.43. The van der Waals surface area contributed by atoms with Gasteiger partial charge in [0.15, 0.2) is 0 Å². The number of hydrogen-bond acceptors (Lipinski definition) is 7. The fourth-order valence-electron chi connectivity index (χ4n) is 6.92. The average Bonchev–Trinajstić information content (AvgIpc) is 3.61. The van der Waals surface area contributed by atoms with E-state index >= 15 is 0 Å². The first-order valence-corrected chi connectivity index (χ1v) is 17.5. The lowest BCUT2D eigenvalue weighted by Crippen LogP contribution is -2.58. The van der Waals surface area contributed by atoms with Gasteiger partial charge >= 0.3 is 0 Å². The molecule has 2 aromatic rings. The normalized spacial score (nSPS) is 20.1. The van der Waals surface area contributed by atoms with Crippen molar-refractivity contribution in [3.05, 3.63) is 71.8 Å². The number of carbonyl (C=O) groups excluding carboxylic acids is 4. The molecule has 4 amide bonds. The number of nitrogens with zero attached hydrogens (tertiary/aromatic N) is 2. The second kappa shape index (κ2) is 18.1. The summed E-state index contributed by atoms with van der Waals surface area (Å²) in [4.78, 5) is 59.1. The van der Waals surface area contributed by atoms with Gasteiger partial charge in [-0.1, -0.05) is 74.5 Å². The van der Waals surface area contributed by atoms with Crippen molar-refractivity contribution in [2.75, 3.05) is 39.8 Å². The van der Waals surface area contributed by atoms with Gasteiger partial charge < -0.3 is 37.2 Å². The Hall–Kier alpha value is -3.80. The van der Waals surface area contributed by atoms with Crippen molar-refractivity contribution in [3.8, 4) is 0 Å². The summed E-state index contributed by atoms with van der Waals surface area (Å²) in [5.74, 6) is -0.450. The van der Waals surface area contributed by atoms with Gasteiger partial charge in [0, 0.05) is 32.6 Å². The molecular weight excluding hydrogens is 606 g/mol. The predicted octanol–water partition coefficient (Wildman–Crippen LogP) is 1.45. The second-order valence-electron chi connectivity index (χ2n) is 14.1. The number of hydrogen-bond donors (Lipinski definition) is 5. The zero-order chi connectivity index (χ0) is 34.6. The molecule has 11 nitrogen and oxygen atoms in total. The van der Waals surface area contributed by atoms with Gasteiger partial charge in [-0.15, -0.1) is 0 Å². The topological polar surface area (TPSA) is 163 Å². The number of nitrogens with one attached hydrogen (secondary N) is 3. The summed E-state index contributed by atoms with van der Waals surface area (Å²) < 4.78 is 0. The first kappa shape index (κ1) is 37.0. The third kappa shape index (κ3) is 10.9. The molecule has 0 saturated carbocycles. The van der Waals surface area contributed by atoms with Crippen LogP contribution in [0.3, 0.4) is 0 Å². The van der Waals surface area contributed by atoms with Crippen molar-refractivity contribution < 1.29 is 19.2 Å². The molecule has 2 aromatic carbocycles.